The van der Waals surface area contributed by atoms with E-state index in [-0.39, 0.29) is 28.4 Å². The molecule has 1 saturated heterocycles. The second kappa shape index (κ2) is 11.6. The van der Waals surface area contributed by atoms with E-state index in [9.17, 15) is 19.1 Å². The van der Waals surface area contributed by atoms with Crippen molar-refractivity contribution in [3.8, 4) is 11.5 Å². The molecule has 1 N–H and O–H groups in total. The van der Waals surface area contributed by atoms with Gasteiger partial charge in [-0.1, -0.05) is 53.4 Å². The lowest BCUT2D eigenvalue weighted by Crippen LogP contribution is -2.29. The van der Waals surface area contributed by atoms with Crippen molar-refractivity contribution >= 4 is 45.7 Å². The molecule has 2 aliphatic heterocycles. The van der Waals surface area contributed by atoms with E-state index < -0.39 is 17.7 Å². The number of benzene rings is 3. The first-order valence-corrected chi connectivity index (χ1v) is 15.2. The molecule has 1 aromatic heterocycles. The zero-order valence-corrected chi connectivity index (χ0v) is 24.4. The number of Topliss-reactive ketones (excluding diaryl/α,β-unsaturated/α-hetero) is 1. The molecule has 42 heavy (non-hydrogen) atoms. The van der Waals surface area contributed by atoms with Gasteiger partial charge in [-0.3, -0.25) is 14.5 Å². The molecule has 2 atom stereocenters. The second-order valence-corrected chi connectivity index (χ2v) is 12.0. The quantitative estimate of drug-likeness (QED) is 0.0821. The predicted octanol–water partition coefficient (Wildman–Crippen LogP) is 6.32. The number of hydrogen-bond acceptors (Lipinski definition) is 9. The normalized spacial score (nSPS) is 19.2. The van der Waals surface area contributed by atoms with Crippen LogP contribution in [0.3, 0.4) is 0 Å². The number of aliphatic hydroxyl groups is 1. The highest BCUT2D eigenvalue weighted by Gasteiger charge is 2.48. The second-order valence-electron chi connectivity index (χ2n) is 9.86. The molecule has 0 spiro atoms. The largest absolute Gasteiger partial charge is 0.507 e. The summed E-state index contributed by atoms with van der Waals surface area (Å²) in [6.45, 7) is 4.25. The molecule has 0 unspecified atom stereocenters. The van der Waals surface area contributed by atoms with Gasteiger partial charge < -0.3 is 14.6 Å². The summed E-state index contributed by atoms with van der Waals surface area (Å²) >= 11 is 2.40. The maximum Gasteiger partial charge on any atom is 0.301 e. The van der Waals surface area contributed by atoms with Gasteiger partial charge in [0.2, 0.25) is 5.13 Å². The Balaban J connectivity index is 1.40. The lowest BCUT2D eigenvalue weighted by Gasteiger charge is -2.23. The molecule has 1 amide bonds. The van der Waals surface area contributed by atoms with Crippen molar-refractivity contribution in [2.75, 3.05) is 11.5 Å². The molecule has 0 bridgehead atoms. The fourth-order valence-corrected chi connectivity index (χ4v) is 6.98. The maximum absolute atomic E-state index is 14.1. The minimum atomic E-state index is -0.980. The standard InChI is InChI=1S/C31H26FN3O5S2/c1-3-39-22-9-6-8-18(15-22)26-25(27(36)19-11-12-24-21(14-19)13-17(2)40-24)28(37)29(38)35(26)30-33-34-31(42-30)41-16-20-7-4-5-10-23(20)32/h4-12,14-15,17,26,36H,3,13,16H2,1-2H3/t17-,26+/m1/s1. The molecule has 3 aromatic carbocycles. The third-order valence-corrected chi connectivity index (χ3v) is 9.11. The number of anilines is 1. The van der Waals surface area contributed by atoms with Gasteiger partial charge in [0, 0.05) is 17.7 Å². The highest BCUT2D eigenvalue weighted by atomic mass is 32.2. The third-order valence-electron chi connectivity index (χ3n) is 7.01. The summed E-state index contributed by atoms with van der Waals surface area (Å²) in [6, 6.07) is 17.8. The summed E-state index contributed by atoms with van der Waals surface area (Å²) in [5.74, 6) is -0.660. The van der Waals surface area contributed by atoms with Gasteiger partial charge in [0.1, 0.15) is 29.2 Å². The molecular weight excluding hydrogens is 577 g/mol. The Hall–Kier alpha value is -4.22. The van der Waals surface area contributed by atoms with Crippen LogP contribution < -0.4 is 14.4 Å². The van der Waals surface area contributed by atoms with Crippen LogP contribution in [-0.4, -0.2) is 39.7 Å². The van der Waals surface area contributed by atoms with Crippen LogP contribution in [0.5, 0.6) is 11.5 Å². The van der Waals surface area contributed by atoms with E-state index in [1.165, 1.54) is 22.7 Å². The SMILES string of the molecule is CCOc1cccc([C@H]2C(=C(O)c3ccc4c(c3)C[C@@H](C)O4)C(=O)C(=O)N2c2nnc(SCc3ccccc3F)s2)c1. The molecule has 1 fully saturated rings. The van der Waals surface area contributed by atoms with Crippen molar-refractivity contribution in [1.29, 1.82) is 0 Å². The number of amides is 1. The molecular formula is C31H26FN3O5S2. The number of ether oxygens (including phenoxy) is 2. The van der Waals surface area contributed by atoms with Gasteiger partial charge in [0.25, 0.3) is 5.78 Å². The molecule has 8 nitrogen and oxygen atoms in total. The van der Waals surface area contributed by atoms with Crippen LogP contribution in [0.4, 0.5) is 9.52 Å². The van der Waals surface area contributed by atoms with Crippen molar-refractivity contribution in [3.05, 3.63) is 100 Å². The molecule has 2 aliphatic rings. The highest BCUT2D eigenvalue weighted by Crippen LogP contribution is 2.45. The van der Waals surface area contributed by atoms with Crippen molar-refractivity contribution in [3.63, 3.8) is 0 Å². The van der Waals surface area contributed by atoms with Gasteiger partial charge in [-0.05, 0) is 66.9 Å². The number of fused-ring (bicyclic) bond motifs is 1. The van der Waals surface area contributed by atoms with Gasteiger partial charge in [-0.25, -0.2) is 4.39 Å². The summed E-state index contributed by atoms with van der Waals surface area (Å²) in [5, 5.41) is 20.2. The first-order chi connectivity index (χ1) is 20.3. The number of hydrogen-bond donors (Lipinski definition) is 1. The zero-order chi connectivity index (χ0) is 29.4. The van der Waals surface area contributed by atoms with E-state index >= 15 is 0 Å². The van der Waals surface area contributed by atoms with E-state index in [4.69, 9.17) is 9.47 Å². The van der Waals surface area contributed by atoms with Crippen LogP contribution in [0, 0.1) is 5.82 Å². The van der Waals surface area contributed by atoms with Crippen LogP contribution in [0.1, 0.15) is 42.1 Å². The Morgan fingerprint density at radius 1 is 1.14 bits per heavy atom. The summed E-state index contributed by atoms with van der Waals surface area (Å²) < 4.78 is 26.1. The van der Waals surface area contributed by atoms with Crippen molar-refractivity contribution in [1.82, 2.24) is 10.2 Å². The van der Waals surface area contributed by atoms with Gasteiger partial charge in [-0.15, -0.1) is 10.2 Å². The number of ketones is 1. The number of aliphatic hydroxyl groups excluding tert-OH is 1. The average Bonchev–Trinajstić information content (AvgIpc) is 3.67. The fraction of sp³-hybridized carbons (Fsp3) is 0.226. The van der Waals surface area contributed by atoms with Crippen molar-refractivity contribution in [2.45, 2.75) is 42.5 Å². The third kappa shape index (κ3) is 5.25. The van der Waals surface area contributed by atoms with Gasteiger partial charge >= 0.3 is 5.91 Å². The van der Waals surface area contributed by atoms with Gasteiger partial charge in [0.15, 0.2) is 4.34 Å². The number of aromatic nitrogens is 2. The topological polar surface area (TPSA) is 102 Å². The highest BCUT2D eigenvalue weighted by molar-refractivity contribution is 8.00. The van der Waals surface area contributed by atoms with E-state index in [1.54, 1.807) is 60.7 Å². The number of rotatable bonds is 8. The summed E-state index contributed by atoms with van der Waals surface area (Å²) in [4.78, 5) is 28.4. The predicted molar refractivity (Wildman–Crippen MR) is 158 cm³/mol. The first kappa shape index (κ1) is 27.9. The molecule has 4 aromatic rings. The number of carbonyl (C=O) groups is 2. The Morgan fingerprint density at radius 3 is 2.79 bits per heavy atom. The first-order valence-electron chi connectivity index (χ1n) is 13.4. The minimum Gasteiger partial charge on any atom is -0.507 e. The lowest BCUT2D eigenvalue weighted by atomic mass is 9.94. The number of carbonyl (C=O) groups excluding carboxylic acids is 2. The molecule has 0 saturated carbocycles. The van der Waals surface area contributed by atoms with Gasteiger partial charge in [-0.2, -0.15) is 0 Å². The van der Waals surface area contributed by atoms with E-state index in [0.717, 1.165) is 22.6 Å². The number of halogens is 1. The molecule has 0 radical (unpaired) electrons. The van der Waals surface area contributed by atoms with E-state index in [1.807, 2.05) is 13.8 Å². The molecule has 214 valence electrons. The zero-order valence-electron chi connectivity index (χ0n) is 22.7. The van der Waals surface area contributed by atoms with Crippen LogP contribution >= 0.6 is 23.1 Å². The van der Waals surface area contributed by atoms with Crippen molar-refractivity contribution < 1.29 is 28.6 Å². The number of nitrogens with zero attached hydrogens (tertiary/aromatic N) is 3. The van der Waals surface area contributed by atoms with E-state index in [2.05, 4.69) is 10.2 Å². The van der Waals surface area contributed by atoms with Crippen LogP contribution in [0.15, 0.2) is 76.6 Å². The van der Waals surface area contributed by atoms with E-state index in [0.29, 0.717) is 45.6 Å². The Labute approximate surface area is 249 Å². The number of thioether (sulfide) groups is 1. The van der Waals surface area contributed by atoms with Crippen LogP contribution in [0.2, 0.25) is 0 Å². The monoisotopic (exact) mass is 603 g/mol. The Kier molecular flexibility index (Phi) is 7.70. The average molecular weight is 604 g/mol. The molecule has 11 heteroatoms. The Morgan fingerprint density at radius 2 is 1.98 bits per heavy atom. The van der Waals surface area contributed by atoms with Crippen molar-refractivity contribution in [2.24, 2.45) is 0 Å². The summed E-state index contributed by atoms with van der Waals surface area (Å²) in [6.07, 6.45) is 0.676. The van der Waals surface area contributed by atoms with Crippen LogP contribution in [-0.2, 0) is 21.8 Å². The lowest BCUT2D eigenvalue weighted by molar-refractivity contribution is -0.132. The smallest absolute Gasteiger partial charge is 0.301 e. The molecule has 6 rings (SSSR count). The fourth-order valence-electron chi connectivity index (χ4n) is 5.12. The molecule has 3 heterocycles. The Bertz CT molecular complexity index is 1720. The summed E-state index contributed by atoms with van der Waals surface area (Å²) in [5.41, 5.74) is 2.35. The summed E-state index contributed by atoms with van der Waals surface area (Å²) in [7, 11) is 0. The van der Waals surface area contributed by atoms with Gasteiger partial charge in [0.05, 0.1) is 18.2 Å². The minimum absolute atomic E-state index is 0.00661. The molecule has 0 aliphatic carbocycles. The van der Waals surface area contributed by atoms with Crippen LogP contribution in [0.25, 0.3) is 5.76 Å². The maximum atomic E-state index is 14.1.